The third kappa shape index (κ3) is 4.93. The number of halogens is 2. The molecule has 2 fully saturated rings. The first kappa shape index (κ1) is 21.3. The van der Waals surface area contributed by atoms with Gasteiger partial charge in [0.05, 0.1) is 5.02 Å². The molecule has 0 atom stereocenters. The summed E-state index contributed by atoms with van der Waals surface area (Å²) in [6.45, 7) is 3.28. The molecule has 8 nitrogen and oxygen atoms in total. The van der Waals surface area contributed by atoms with Gasteiger partial charge in [-0.05, 0) is 19.2 Å². The summed E-state index contributed by atoms with van der Waals surface area (Å²) in [6.07, 6.45) is 0. The summed E-state index contributed by atoms with van der Waals surface area (Å²) in [4.78, 5) is 16.0. The Labute approximate surface area is 169 Å². The van der Waals surface area contributed by atoms with Crippen molar-refractivity contribution in [1.29, 1.82) is 0 Å². The molecule has 0 N–H and O–H groups in total. The Bertz CT molecular complexity index is 809. The Morgan fingerprint density at radius 3 is 2.21 bits per heavy atom. The van der Waals surface area contributed by atoms with E-state index in [4.69, 9.17) is 16.3 Å². The van der Waals surface area contributed by atoms with Crippen molar-refractivity contribution in [2.45, 2.75) is 0 Å². The quantitative estimate of drug-likeness (QED) is 0.674. The number of amides is 1. The van der Waals surface area contributed by atoms with E-state index in [1.54, 1.807) is 4.90 Å². The lowest BCUT2D eigenvalue weighted by Crippen LogP contribution is -2.57. The summed E-state index contributed by atoms with van der Waals surface area (Å²) in [5.41, 5.74) is 0. The number of carbonyl (C=O) groups is 1. The molecule has 3 rings (SSSR count). The van der Waals surface area contributed by atoms with Gasteiger partial charge >= 0.3 is 0 Å². The van der Waals surface area contributed by atoms with E-state index in [0.717, 1.165) is 0 Å². The van der Waals surface area contributed by atoms with Gasteiger partial charge in [-0.1, -0.05) is 11.6 Å². The average Bonchev–Trinajstić information content (AvgIpc) is 2.69. The monoisotopic (exact) mass is 434 g/mol. The van der Waals surface area contributed by atoms with Crippen molar-refractivity contribution in [2.24, 2.45) is 0 Å². The number of hydrogen-bond donors (Lipinski definition) is 0. The van der Waals surface area contributed by atoms with E-state index in [0.29, 0.717) is 45.0 Å². The SMILES string of the molecule is CN1CCN(S(=O)(=O)N2CCN(C(=O)COc3ccc(F)c(Cl)c3)CC2)CC1. The van der Waals surface area contributed by atoms with Crippen molar-refractivity contribution in [2.75, 3.05) is 66.0 Å². The number of piperazine rings is 2. The van der Waals surface area contributed by atoms with Gasteiger partial charge in [-0.15, -0.1) is 0 Å². The Kier molecular flexibility index (Phi) is 6.77. The smallest absolute Gasteiger partial charge is 0.282 e. The molecule has 0 aromatic heterocycles. The fraction of sp³-hybridized carbons (Fsp3) is 0.588. The number of likely N-dealkylation sites (N-methyl/N-ethyl adjacent to an activating group) is 1. The lowest BCUT2D eigenvalue weighted by atomic mass is 10.3. The summed E-state index contributed by atoms with van der Waals surface area (Å²) in [6, 6.07) is 3.88. The van der Waals surface area contributed by atoms with Gasteiger partial charge in [-0.3, -0.25) is 4.79 Å². The summed E-state index contributed by atoms with van der Waals surface area (Å²) >= 11 is 5.69. The minimum Gasteiger partial charge on any atom is -0.484 e. The van der Waals surface area contributed by atoms with Crippen LogP contribution in [-0.4, -0.2) is 98.7 Å². The zero-order valence-electron chi connectivity index (χ0n) is 15.7. The second-order valence-corrected chi connectivity index (χ2v) is 9.19. The van der Waals surface area contributed by atoms with Crippen LogP contribution in [0.5, 0.6) is 5.75 Å². The minimum absolute atomic E-state index is 0.0762. The fourth-order valence-electron chi connectivity index (χ4n) is 3.15. The van der Waals surface area contributed by atoms with Crippen LogP contribution < -0.4 is 4.74 Å². The number of carbonyl (C=O) groups excluding carboxylic acids is 1. The molecule has 11 heteroatoms. The molecule has 2 aliphatic rings. The summed E-state index contributed by atoms with van der Waals surface area (Å²) in [5.74, 6) is -0.508. The molecule has 0 bridgehead atoms. The zero-order valence-corrected chi connectivity index (χ0v) is 17.3. The average molecular weight is 435 g/mol. The number of rotatable bonds is 5. The molecule has 2 aliphatic heterocycles. The Balaban J connectivity index is 1.49. The van der Waals surface area contributed by atoms with Crippen molar-refractivity contribution >= 4 is 27.7 Å². The first-order valence-corrected chi connectivity index (χ1v) is 10.8. The molecule has 2 saturated heterocycles. The van der Waals surface area contributed by atoms with Crippen LogP contribution in [0.4, 0.5) is 4.39 Å². The molecule has 2 heterocycles. The predicted molar refractivity (Wildman–Crippen MR) is 103 cm³/mol. The van der Waals surface area contributed by atoms with Crippen LogP contribution in [0.25, 0.3) is 0 Å². The maximum Gasteiger partial charge on any atom is 0.282 e. The molecular weight excluding hydrogens is 411 g/mol. The molecule has 28 heavy (non-hydrogen) atoms. The fourth-order valence-corrected chi connectivity index (χ4v) is 4.90. The van der Waals surface area contributed by atoms with Crippen molar-refractivity contribution in [3.63, 3.8) is 0 Å². The highest BCUT2D eigenvalue weighted by Gasteiger charge is 2.34. The van der Waals surface area contributed by atoms with Gasteiger partial charge in [0.15, 0.2) is 6.61 Å². The van der Waals surface area contributed by atoms with E-state index in [9.17, 15) is 17.6 Å². The number of benzene rings is 1. The summed E-state index contributed by atoms with van der Waals surface area (Å²) in [5, 5.41) is -0.0762. The molecule has 1 aromatic rings. The second-order valence-electron chi connectivity index (χ2n) is 6.85. The highest BCUT2D eigenvalue weighted by atomic mass is 35.5. The van der Waals surface area contributed by atoms with Crippen LogP contribution in [0.15, 0.2) is 18.2 Å². The van der Waals surface area contributed by atoms with Gasteiger partial charge in [0, 0.05) is 58.4 Å². The highest BCUT2D eigenvalue weighted by Crippen LogP contribution is 2.21. The maximum atomic E-state index is 13.2. The van der Waals surface area contributed by atoms with E-state index >= 15 is 0 Å². The van der Waals surface area contributed by atoms with Crippen LogP contribution in [0.1, 0.15) is 0 Å². The van der Waals surface area contributed by atoms with E-state index in [1.807, 2.05) is 7.05 Å². The largest absolute Gasteiger partial charge is 0.484 e. The molecule has 1 amide bonds. The standard InChI is InChI=1S/C17H24ClFN4O4S/c1-20-4-8-22(9-5-20)28(25,26)23-10-6-21(7-11-23)17(24)13-27-14-2-3-16(19)15(18)12-14/h2-3,12H,4-11,13H2,1H3. The van der Waals surface area contributed by atoms with Crippen LogP contribution in [0, 0.1) is 5.82 Å². The normalized spacial score (nSPS) is 20.3. The Morgan fingerprint density at radius 2 is 1.64 bits per heavy atom. The Morgan fingerprint density at radius 1 is 1.07 bits per heavy atom. The second kappa shape index (κ2) is 8.91. The predicted octanol–water partition coefficient (Wildman–Crippen LogP) is 0.494. The molecule has 0 unspecified atom stereocenters. The first-order valence-electron chi connectivity index (χ1n) is 9.07. The maximum absolute atomic E-state index is 13.2. The lowest BCUT2D eigenvalue weighted by Gasteiger charge is -2.39. The third-order valence-corrected chi connectivity index (χ3v) is 7.28. The van der Waals surface area contributed by atoms with Crippen molar-refractivity contribution in [3.8, 4) is 5.75 Å². The molecular formula is C17H24ClFN4O4S. The van der Waals surface area contributed by atoms with E-state index in [-0.39, 0.29) is 30.6 Å². The van der Waals surface area contributed by atoms with Gasteiger partial charge in [0.1, 0.15) is 11.6 Å². The lowest BCUT2D eigenvalue weighted by molar-refractivity contribution is -0.134. The van der Waals surface area contributed by atoms with Gasteiger partial charge in [-0.25, -0.2) is 4.39 Å². The first-order chi connectivity index (χ1) is 13.3. The topological polar surface area (TPSA) is 73.4 Å². The van der Waals surface area contributed by atoms with Gasteiger partial charge in [0.25, 0.3) is 16.1 Å². The number of nitrogens with zero attached hydrogens (tertiary/aromatic N) is 4. The molecule has 0 spiro atoms. The van der Waals surface area contributed by atoms with E-state index < -0.39 is 16.0 Å². The van der Waals surface area contributed by atoms with Crippen molar-refractivity contribution in [1.82, 2.24) is 18.4 Å². The molecule has 0 radical (unpaired) electrons. The summed E-state index contributed by atoms with van der Waals surface area (Å²) < 4.78 is 47.0. The third-order valence-electron chi connectivity index (χ3n) is 4.96. The molecule has 1 aromatic carbocycles. The van der Waals surface area contributed by atoms with E-state index in [1.165, 1.54) is 26.8 Å². The van der Waals surface area contributed by atoms with Gasteiger partial charge < -0.3 is 14.5 Å². The van der Waals surface area contributed by atoms with Crippen molar-refractivity contribution < 1.29 is 22.3 Å². The number of hydrogen-bond acceptors (Lipinski definition) is 5. The van der Waals surface area contributed by atoms with Crippen LogP contribution in [-0.2, 0) is 15.0 Å². The molecule has 156 valence electrons. The Hall–Kier alpha value is -1.46. The summed E-state index contributed by atoms with van der Waals surface area (Å²) in [7, 11) is -1.53. The van der Waals surface area contributed by atoms with Gasteiger partial charge in [-0.2, -0.15) is 17.0 Å². The highest BCUT2D eigenvalue weighted by molar-refractivity contribution is 7.86. The molecule has 0 saturated carbocycles. The van der Waals surface area contributed by atoms with Gasteiger partial charge in [0.2, 0.25) is 0 Å². The minimum atomic E-state index is -3.50. The van der Waals surface area contributed by atoms with Crippen LogP contribution in [0.2, 0.25) is 5.02 Å². The van der Waals surface area contributed by atoms with Crippen LogP contribution >= 0.6 is 11.6 Å². The molecule has 0 aliphatic carbocycles. The van der Waals surface area contributed by atoms with Crippen LogP contribution in [0.3, 0.4) is 0 Å². The number of ether oxygens (including phenoxy) is 1. The zero-order chi connectivity index (χ0) is 20.3. The van der Waals surface area contributed by atoms with E-state index in [2.05, 4.69) is 4.90 Å². The van der Waals surface area contributed by atoms with Crippen molar-refractivity contribution in [3.05, 3.63) is 29.0 Å².